The predicted molar refractivity (Wildman–Crippen MR) is 61.2 cm³/mol. The smallest absolute Gasteiger partial charge is 0.0931 e. The van der Waals surface area contributed by atoms with E-state index in [-0.39, 0.29) is 0 Å². The average Bonchev–Trinajstić information content (AvgIpc) is 2.31. The number of hydrogen-bond acceptors (Lipinski definition) is 4. The van der Waals surface area contributed by atoms with Crippen molar-refractivity contribution >= 4 is 0 Å². The minimum absolute atomic E-state index is 0.453. The van der Waals surface area contributed by atoms with Crippen molar-refractivity contribution in [2.75, 3.05) is 32.8 Å². The Hall–Kier alpha value is -0.970. The number of aromatic nitrogens is 1. The van der Waals surface area contributed by atoms with Gasteiger partial charge < -0.3 is 9.84 Å². The molecule has 0 aromatic carbocycles. The second kappa shape index (κ2) is 5.39. The first-order valence-corrected chi connectivity index (χ1v) is 5.66. The van der Waals surface area contributed by atoms with Gasteiger partial charge in [-0.25, -0.2) is 0 Å². The Morgan fingerprint density at radius 2 is 2.19 bits per heavy atom. The Kier molecular flexibility index (Phi) is 3.88. The van der Waals surface area contributed by atoms with Crippen LogP contribution < -0.4 is 0 Å². The molecule has 0 spiro atoms. The second-order valence-corrected chi connectivity index (χ2v) is 4.16. The van der Waals surface area contributed by atoms with Gasteiger partial charge in [0.15, 0.2) is 0 Å². The first-order valence-electron chi connectivity index (χ1n) is 5.66. The lowest BCUT2D eigenvalue weighted by Gasteiger charge is -2.28. The fourth-order valence-corrected chi connectivity index (χ4v) is 1.81. The van der Waals surface area contributed by atoms with Crippen LogP contribution in [0.4, 0.5) is 0 Å². The second-order valence-electron chi connectivity index (χ2n) is 4.16. The van der Waals surface area contributed by atoms with Crippen molar-refractivity contribution in [1.82, 2.24) is 9.88 Å². The van der Waals surface area contributed by atoms with Crippen LogP contribution in [0, 0.1) is 6.92 Å². The molecule has 1 aliphatic heterocycles. The van der Waals surface area contributed by atoms with Gasteiger partial charge in [-0.05, 0) is 13.0 Å². The number of β-amino-alcohol motifs (C(OH)–C–C–N with tert-alkyl or cyclic N) is 1. The maximum absolute atomic E-state index is 10.0. The summed E-state index contributed by atoms with van der Waals surface area (Å²) in [5.74, 6) is 0. The van der Waals surface area contributed by atoms with Crippen LogP contribution in [0.5, 0.6) is 0 Å². The van der Waals surface area contributed by atoms with Gasteiger partial charge in [0.25, 0.3) is 0 Å². The number of aliphatic hydroxyl groups is 1. The van der Waals surface area contributed by atoms with Crippen molar-refractivity contribution < 1.29 is 9.84 Å². The van der Waals surface area contributed by atoms with E-state index in [2.05, 4.69) is 9.88 Å². The molecule has 1 unspecified atom stereocenters. The molecule has 4 nitrogen and oxygen atoms in total. The molecule has 0 amide bonds. The van der Waals surface area contributed by atoms with Gasteiger partial charge in [-0.1, -0.05) is 6.07 Å². The molecule has 0 bridgehead atoms. The maximum atomic E-state index is 10.0. The van der Waals surface area contributed by atoms with Gasteiger partial charge in [0.2, 0.25) is 0 Å². The topological polar surface area (TPSA) is 45.6 Å². The maximum Gasteiger partial charge on any atom is 0.0931 e. The van der Waals surface area contributed by atoms with E-state index in [1.807, 2.05) is 19.1 Å². The van der Waals surface area contributed by atoms with Crippen molar-refractivity contribution in [3.8, 4) is 0 Å². The van der Waals surface area contributed by atoms with E-state index in [4.69, 9.17) is 4.74 Å². The molecule has 0 radical (unpaired) electrons. The van der Waals surface area contributed by atoms with Crippen molar-refractivity contribution in [2.45, 2.75) is 13.0 Å². The van der Waals surface area contributed by atoms with Gasteiger partial charge in [-0.2, -0.15) is 0 Å². The highest BCUT2D eigenvalue weighted by molar-refractivity contribution is 5.15. The van der Waals surface area contributed by atoms with Gasteiger partial charge in [-0.3, -0.25) is 9.88 Å². The summed E-state index contributed by atoms with van der Waals surface area (Å²) in [6.45, 7) is 5.93. The highest BCUT2D eigenvalue weighted by atomic mass is 16.5. The van der Waals surface area contributed by atoms with E-state index in [0.717, 1.165) is 37.6 Å². The van der Waals surface area contributed by atoms with Gasteiger partial charge in [0.05, 0.1) is 19.3 Å². The Labute approximate surface area is 95.9 Å². The van der Waals surface area contributed by atoms with Crippen molar-refractivity contribution in [3.63, 3.8) is 0 Å². The van der Waals surface area contributed by atoms with E-state index >= 15 is 0 Å². The molecule has 1 aromatic rings. The van der Waals surface area contributed by atoms with E-state index in [1.54, 1.807) is 6.20 Å². The molecule has 1 aromatic heterocycles. The summed E-state index contributed by atoms with van der Waals surface area (Å²) in [5.41, 5.74) is 1.86. The third-order valence-corrected chi connectivity index (χ3v) is 2.85. The van der Waals surface area contributed by atoms with Crippen LogP contribution in [0.3, 0.4) is 0 Å². The quantitative estimate of drug-likeness (QED) is 0.820. The highest BCUT2D eigenvalue weighted by Gasteiger charge is 2.16. The number of nitrogens with zero attached hydrogens (tertiary/aromatic N) is 2. The Balaban J connectivity index is 1.91. The van der Waals surface area contributed by atoms with Crippen LogP contribution in [-0.2, 0) is 4.74 Å². The fourth-order valence-electron chi connectivity index (χ4n) is 1.81. The molecule has 2 rings (SSSR count). The molecule has 1 saturated heterocycles. The Morgan fingerprint density at radius 3 is 2.81 bits per heavy atom. The third kappa shape index (κ3) is 3.01. The first-order chi connectivity index (χ1) is 7.75. The minimum Gasteiger partial charge on any atom is -0.387 e. The summed E-state index contributed by atoms with van der Waals surface area (Å²) in [7, 11) is 0. The molecule has 1 fully saturated rings. The van der Waals surface area contributed by atoms with Crippen molar-refractivity contribution in [1.29, 1.82) is 0 Å². The number of hydrogen-bond donors (Lipinski definition) is 1. The van der Waals surface area contributed by atoms with Crippen molar-refractivity contribution in [3.05, 3.63) is 29.6 Å². The van der Waals surface area contributed by atoms with Crippen LogP contribution in [0.25, 0.3) is 0 Å². The van der Waals surface area contributed by atoms with E-state index in [0.29, 0.717) is 6.54 Å². The Morgan fingerprint density at radius 1 is 1.44 bits per heavy atom. The van der Waals surface area contributed by atoms with E-state index in [1.165, 1.54) is 0 Å². The summed E-state index contributed by atoms with van der Waals surface area (Å²) in [6, 6.07) is 3.87. The predicted octanol–water partition coefficient (Wildman–Crippen LogP) is 0.756. The zero-order valence-electron chi connectivity index (χ0n) is 9.59. The van der Waals surface area contributed by atoms with Gasteiger partial charge in [0.1, 0.15) is 0 Å². The largest absolute Gasteiger partial charge is 0.387 e. The van der Waals surface area contributed by atoms with Crippen LogP contribution in [-0.4, -0.2) is 47.8 Å². The molecule has 1 N–H and O–H groups in total. The van der Waals surface area contributed by atoms with Crippen LogP contribution in [0.2, 0.25) is 0 Å². The monoisotopic (exact) mass is 222 g/mol. The highest BCUT2D eigenvalue weighted by Crippen LogP contribution is 2.14. The normalized spacial score (nSPS) is 19.6. The molecule has 0 aliphatic carbocycles. The average molecular weight is 222 g/mol. The standard InChI is InChI=1S/C12H18N2O2/c1-10-2-3-11(8-13-10)12(15)9-14-4-6-16-7-5-14/h2-3,8,12,15H,4-7,9H2,1H3. The lowest BCUT2D eigenvalue weighted by Crippen LogP contribution is -2.38. The lowest BCUT2D eigenvalue weighted by atomic mass is 10.1. The number of aliphatic hydroxyl groups excluding tert-OH is 1. The number of morpholine rings is 1. The fraction of sp³-hybridized carbons (Fsp3) is 0.583. The van der Waals surface area contributed by atoms with Gasteiger partial charge in [-0.15, -0.1) is 0 Å². The first kappa shape index (κ1) is 11.5. The molecular weight excluding hydrogens is 204 g/mol. The summed E-state index contributed by atoms with van der Waals surface area (Å²) in [4.78, 5) is 6.41. The molecule has 2 heterocycles. The van der Waals surface area contributed by atoms with Gasteiger partial charge in [0, 0.05) is 37.1 Å². The zero-order chi connectivity index (χ0) is 11.4. The zero-order valence-corrected chi connectivity index (χ0v) is 9.59. The minimum atomic E-state index is -0.453. The van der Waals surface area contributed by atoms with Crippen LogP contribution >= 0.6 is 0 Å². The van der Waals surface area contributed by atoms with Crippen molar-refractivity contribution in [2.24, 2.45) is 0 Å². The number of ether oxygens (including phenoxy) is 1. The van der Waals surface area contributed by atoms with Gasteiger partial charge >= 0.3 is 0 Å². The molecule has 1 aliphatic rings. The molecule has 1 atom stereocenters. The molecular formula is C12H18N2O2. The lowest BCUT2D eigenvalue weighted by molar-refractivity contribution is 0.0143. The number of pyridine rings is 1. The number of rotatable bonds is 3. The SMILES string of the molecule is Cc1ccc(C(O)CN2CCOCC2)cn1. The summed E-state index contributed by atoms with van der Waals surface area (Å²) in [6.07, 6.45) is 1.30. The number of aryl methyl sites for hydroxylation is 1. The summed E-state index contributed by atoms with van der Waals surface area (Å²) in [5, 5.41) is 10.0. The molecule has 88 valence electrons. The van der Waals surface area contributed by atoms with E-state index in [9.17, 15) is 5.11 Å². The van der Waals surface area contributed by atoms with Crippen LogP contribution in [0.1, 0.15) is 17.4 Å². The summed E-state index contributed by atoms with van der Waals surface area (Å²) >= 11 is 0. The molecule has 16 heavy (non-hydrogen) atoms. The third-order valence-electron chi connectivity index (χ3n) is 2.85. The molecule has 4 heteroatoms. The molecule has 0 saturated carbocycles. The summed E-state index contributed by atoms with van der Waals surface area (Å²) < 4.78 is 5.27. The van der Waals surface area contributed by atoms with E-state index < -0.39 is 6.10 Å². The van der Waals surface area contributed by atoms with Crippen LogP contribution in [0.15, 0.2) is 18.3 Å². The Bertz CT molecular complexity index is 320.